The van der Waals surface area contributed by atoms with Gasteiger partial charge in [0, 0.05) is 35.6 Å². The van der Waals surface area contributed by atoms with E-state index in [0.29, 0.717) is 37.3 Å². The van der Waals surface area contributed by atoms with Gasteiger partial charge in [-0.15, -0.1) is 0 Å². The van der Waals surface area contributed by atoms with Crippen LogP contribution in [0.15, 0.2) is 41.2 Å². The van der Waals surface area contributed by atoms with Gasteiger partial charge in [0.15, 0.2) is 0 Å². The van der Waals surface area contributed by atoms with Gasteiger partial charge in [-0.1, -0.05) is 23.4 Å². The zero-order valence-corrected chi connectivity index (χ0v) is 20.2. The quantitative estimate of drug-likeness (QED) is 0.450. The van der Waals surface area contributed by atoms with Crippen LogP contribution < -0.4 is 4.74 Å². The van der Waals surface area contributed by atoms with Crippen LogP contribution in [0, 0.1) is 17.3 Å². The number of halogens is 1. The summed E-state index contributed by atoms with van der Waals surface area (Å²) in [5.41, 5.74) is 2.21. The number of aromatic nitrogens is 1. The Morgan fingerprint density at radius 1 is 1.33 bits per heavy atom. The molecule has 1 saturated heterocycles. The minimum Gasteiger partial charge on any atom is -0.497 e. The van der Waals surface area contributed by atoms with Crippen LogP contribution in [0.4, 0.5) is 0 Å². The SMILES string of the molecule is COc1ccc2ncc(Cl)c(CCCC3(C(=O)O)CCN(CC#Cc4ccsc4)CC3)c2c1. The highest BCUT2D eigenvalue weighted by Gasteiger charge is 2.40. The highest BCUT2D eigenvalue weighted by molar-refractivity contribution is 7.08. The Kier molecular flexibility index (Phi) is 7.54. The molecule has 7 heteroatoms. The van der Waals surface area contributed by atoms with Crippen LogP contribution in [0.25, 0.3) is 10.9 Å². The number of fused-ring (bicyclic) bond motifs is 1. The molecule has 0 radical (unpaired) electrons. The Morgan fingerprint density at radius 2 is 2.15 bits per heavy atom. The Hall–Kier alpha value is -2.59. The maximum atomic E-state index is 12.3. The predicted molar refractivity (Wildman–Crippen MR) is 133 cm³/mol. The first kappa shape index (κ1) is 23.6. The molecule has 172 valence electrons. The van der Waals surface area contributed by atoms with Crippen LogP contribution in [0.5, 0.6) is 5.75 Å². The van der Waals surface area contributed by atoms with Crippen molar-refractivity contribution in [3.63, 3.8) is 0 Å². The number of aliphatic carboxylic acids is 1. The second kappa shape index (κ2) is 10.6. The first-order chi connectivity index (χ1) is 16.0. The van der Waals surface area contributed by atoms with Gasteiger partial charge in [-0.25, -0.2) is 0 Å². The number of thiophene rings is 1. The van der Waals surface area contributed by atoms with E-state index in [-0.39, 0.29) is 0 Å². The van der Waals surface area contributed by atoms with Crippen molar-refractivity contribution < 1.29 is 14.6 Å². The molecule has 1 aliphatic heterocycles. The Morgan fingerprint density at radius 3 is 2.85 bits per heavy atom. The number of methoxy groups -OCH3 is 1. The van der Waals surface area contributed by atoms with Gasteiger partial charge in [0.2, 0.25) is 0 Å². The Labute approximate surface area is 203 Å². The maximum absolute atomic E-state index is 12.3. The topological polar surface area (TPSA) is 62.7 Å². The number of pyridine rings is 1. The van der Waals surface area contributed by atoms with Crippen LogP contribution in [-0.2, 0) is 11.2 Å². The number of hydrogen-bond acceptors (Lipinski definition) is 5. The minimum atomic E-state index is -0.696. The molecule has 1 N–H and O–H groups in total. The number of carbonyl (C=O) groups is 1. The third-order valence-electron chi connectivity index (χ3n) is 6.54. The van der Waals surface area contributed by atoms with E-state index in [1.54, 1.807) is 24.6 Å². The average molecular weight is 483 g/mol. The minimum absolute atomic E-state index is 0.610. The number of carboxylic acids is 1. The number of piperidine rings is 1. The van der Waals surface area contributed by atoms with Crippen molar-refractivity contribution in [1.29, 1.82) is 0 Å². The number of nitrogens with zero attached hydrogens (tertiary/aromatic N) is 2. The summed E-state index contributed by atoms with van der Waals surface area (Å²) in [7, 11) is 1.63. The van der Waals surface area contributed by atoms with Gasteiger partial charge in [-0.05, 0) is 67.3 Å². The molecule has 1 aliphatic rings. The zero-order chi connectivity index (χ0) is 23.3. The molecule has 0 aliphatic carbocycles. The van der Waals surface area contributed by atoms with Crippen LogP contribution in [0.1, 0.15) is 36.8 Å². The van der Waals surface area contributed by atoms with Gasteiger partial charge >= 0.3 is 5.97 Å². The molecule has 0 spiro atoms. The largest absolute Gasteiger partial charge is 0.497 e. The fourth-order valence-corrected chi connectivity index (χ4v) is 5.32. The van der Waals surface area contributed by atoms with E-state index >= 15 is 0 Å². The first-order valence-corrected chi connectivity index (χ1v) is 12.4. The standard InChI is InChI=1S/C26H27ClN2O3S/c1-32-20-6-7-24-22(16-20)21(23(27)17-28-24)5-2-9-26(25(30)31)10-13-29(14-11-26)12-3-4-19-8-15-33-18-19/h6-8,15-18H,2,5,9-14H2,1H3,(H,30,31). The average Bonchev–Trinajstić information content (AvgIpc) is 3.34. The second-order valence-electron chi connectivity index (χ2n) is 8.50. The van der Waals surface area contributed by atoms with Crippen LogP contribution in [-0.4, -0.2) is 47.7 Å². The number of hydrogen-bond donors (Lipinski definition) is 1. The summed E-state index contributed by atoms with van der Waals surface area (Å²) >= 11 is 8.12. The van der Waals surface area contributed by atoms with Crippen LogP contribution in [0.3, 0.4) is 0 Å². The van der Waals surface area contributed by atoms with Gasteiger partial charge in [0.05, 0.1) is 29.6 Å². The number of carboxylic acid groups (broad SMARTS) is 1. The lowest BCUT2D eigenvalue weighted by molar-refractivity contribution is -0.152. The van der Waals surface area contributed by atoms with Crippen LogP contribution >= 0.6 is 22.9 Å². The molecule has 2 aromatic heterocycles. The smallest absolute Gasteiger partial charge is 0.309 e. The lowest BCUT2D eigenvalue weighted by Crippen LogP contribution is -2.44. The van der Waals surface area contributed by atoms with Crippen molar-refractivity contribution in [3.05, 3.63) is 57.4 Å². The van der Waals surface area contributed by atoms with Gasteiger partial charge in [-0.2, -0.15) is 11.3 Å². The fourth-order valence-electron chi connectivity index (χ4n) is 4.49. The molecular formula is C26H27ClN2O3S. The summed E-state index contributed by atoms with van der Waals surface area (Å²) in [5.74, 6) is 6.45. The van der Waals surface area contributed by atoms with E-state index in [9.17, 15) is 9.90 Å². The molecule has 0 amide bonds. The second-order valence-corrected chi connectivity index (χ2v) is 9.68. The summed E-state index contributed by atoms with van der Waals surface area (Å²) in [4.78, 5) is 18.9. The third kappa shape index (κ3) is 5.50. The highest BCUT2D eigenvalue weighted by Crippen LogP contribution is 2.38. The van der Waals surface area contributed by atoms with E-state index in [2.05, 4.69) is 21.7 Å². The summed E-state index contributed by atoms with van der Waals surface area (Å²) in [5, 5.41) is 15.7. The molecule has 0 atom stereocenters. The molecule has 0 saturated carbocycles. The van der Waals surface area contributed by atoms with Crippen molar-refractivity contribution in [2.45, 2.75) is 32.1 Å². The number of likely N-dealkylation sites (tertiary alicyclic amines) is 1. The van der Waals surface area contributed by atoms with Gasteiger partial charge in [0.1, 0.15) is 5.75 Å². The van der Waals surface area contributed by atoms with Gasteiger partial charge < -0.3 is 9.84 Å². The number of rotatable bonds is 7. The summed E-state index contributed by atoms with van der Waals surface area (Å²) in [6.07, 6.45) is 5.04. The van der Waals surface area contributed by atoms with E-state index in [4.69, 9.17) is 16.3 Å². The summed E-state index contributed by atoms with van der Waals surface area (Å²) in [6.45, 7) is 2.17. The highest BCUT2D eigenvalue weighted by atomic mass is 35.5. The monoisotopic (exact) mass is 482 g/mol. The molecule has 3 heterocycles. The molecule has 3 aromatic rings. The van der Waals surface area contributed by atoms with Gasteiger partial charge in [-0.3, -0.25) is 14.7 Å². The van der Waals surface area contributed by atoms with Gasteiger partial charge in [0.25, 0.3) is 0 Å². The number of benzene rings is 1. The van der Waals surface area contributed by atoms with Crippen LogP contribution in [0.2, 0.25) is 5.02 Å². The molecule has 1 aromatic carbocycles. The van der Waals surface area contributed by atoms with Crippen molar-refractivity contribution in [2.75, 3.05) is 26.7 Å². The molecule has 0 bridgehead atoms. The zero-order valence-electron chi connectivity index (χ0n) is 18.6. The molecule has 1 fully saturated rings. The molecule has 0 unspecified atom stereocenters. The van der Waals surface area contributed by atoms with Crippen molar-refractivity contribution in [1.82, 2.24) is 9.88 Å². The molecule has 5 nitrogen and oxygen atoms in total. The molecule has 33 heavy (non-hydrogen) atoms. The maximum Gasteiger partial charge on any atom is 0.309 e. The Bertz CT molecular complexity index is 1180. The van der Waals surface area contributed by atoms with E-state index in [1.165, 1.54) is 0 Å². The number of aryl methyl sites for hydroxylation is 1. The van der Waals surface area contributed by atoms with Crippen molar-refractivity contribution >= 4 is 39.8 Å². The molecular weight excluding hydrogens is 456 g/mol. The summed E-state index contributed by atoms with van der Waals surface area (Å²) in [6, 6.07) is 7.76. The number of ether oxygens (including phenoxy) is 1. The van der Waals surface area contributed by atoms with E-state index in [1.807, 2.05) is 35.0 Å². The Balaban J connectivity index is 1.39. The van der Waals surface area contributed by atoms with E-state index in [0.717, 1.165) is 47.3 Å². The van der Waals surface area contributed by atoms with Crippen molar-refractivity contribution in [2.24, 2.45) is 5.41 Å². The fraction of sp³-hybridized carbons (Fsp3) is 0.385. The lowest BCUT2D eigenvalue weighted by atomic mass is 9.74. The lowest BCUT2D eigenvalue weighted by Gasteiger charge is -2.38. The predicted octanol–water partition coefficient (Wildman–Crippen LogP) is 5.50. The molecule has 4 rings (SSSR count). The van der Waals surface area contributed by atoms with Crippen molar-refractivity contribution in [3.8, 4) is 17.6 Å². The summed E-state index contributed by atoms with van der Waals surface area (Å²) < 4.78 is 5.36. The first-order valence-electron chi connectivity index (χ1n) is 11.1. The normalized spacial score (nSPS) is 15.7. The van der Waals surface area contributed by atoms with E-state index < -0.39 is 11.4 Å². The third-order valence-corrected chi connectivity index (χ3v) is 7.55.